The van der Waals surface area contributed by atoms with Gasteiger partial charge in [-0.1, -0.05) is 43.3 Å². The normalized spacial score (nSPS) is 19.1. The van der Waals surface area contributed by atoms with Crippen LogP contribution in [0.5, 0.6) is 0 Å². The van der Waals surface area contributed by atoms with Gasteiger partial charge in [-0.15, -0.1) is 0 Å². The van der Waals surface area contributed by atoms with E-state index in [0.717, 1.165) is 29.6 Å². The number of hydrogen-bond acceptors (Lipinski definition) is 2. The zero-order chi connectivity index (χ0) is 17.1. The van der Waals surface area contributed by atoms with E-state index in [0.29, 0.717) is 13.1 Å². The zero-order valence-corrected chi connectivity index (χ0v) is 13.5. The van der Waals surface area contributed by atoms with Gasteiger partial charge in [0.15, 0.2) is 0 Å². The van der Waals surface area contributed by atoms with E-state index in [9.17, 15) is 13.6 Å². The molecule has 24 heavy (non-hydrogen) atoms. The van der Waals surface area contributed by atoms with Crippen molar-refractivity contribution in [2.75, 3.05) is 13.1 Å². The van der Waals surface area contributed by atoms with Gasteiger partial charge >= 0.3 is 0 Å². The van der Waals surface area contributed by atoms with Crippen LogP contribution in [0.25, 0.3) is 5.57 Å². The van der Waals surface area contributed by atoms with Crippen LogP contribution in [0.3, 0.4) is 0 Å². The minimum atomic E-state index is -0.455. The number of halogens is 2. The second-order valence-electron chi connectivity index (χ2n) is 6.21. The molecule has 3 rings (SSSR count). The first-order valence-corrected chi connectivity index (χ1v) is 7.99. The van der Waals surface area contributed by atoms with Crippen molar-refractivity contribution in [3.05, 3.63) is 77.4 Å². The smallest absolute Gasteiger partial charge is 0.130 e. The number of carbonyl (C=O) groups is 1. The van der Waals surface area contributed by atoms with Crippen molar-refractivity contribution in [3.63, 3.8) is 0 Å². The first-order valence-electron chi connectivity index (χ1n) is 7.99. The summed E-state index contributed by atoms with van der Waals surface area (Å²) in [5.74, 6) is -1.01. The summed E-state index contributed by atoms with van der Waals surface area (Å²) >= 11 is 0. The minimum absolute atomic E-state index is 0.0498. The Kier molecular flexibility index (Phi) is 4.86. The number of rotatable bonds is 5. The zero-order valence-electron chi connectivity index (χ0n) is 13.5. The van der Waals surface area contributed by atoms with Crippen LogP contribution in [0.2, 0.25) is 0 Å². The topological polar surface area (TPSA) is 20.3 Å². The van der Waals surface area contributed by atoms with Gasteiger partial charge in [-0.3, -0.25) is 4.90 Å². The van der Waals surface area contributed by atoms with Crippen LogP contribution in [-0.2, 0) is 4.79 Å². The molecule has 2 nitrogen and oxygen atoms in total. The lowest BCUT2D eigenvalue weighted by Gasteiger charge is -2.26. The maximum absolute atomic E-state index is 14.1. The van der Waals surface area contributed by atoms with Gasteiger partial charge in [-0.2, -0.15) is 0 Å². The lowest BCUT2D eigenvalue weighted by Crippen LogP contribution is -2.29. The molecular weight excluding hydrogens is 308 g/mol. The van der Waals surface area contributed by atoms with Crippen molar-refractivity contribution in [2.45, 2.75) is 13.0 Å². The fourth-order valence-electron chi connectivity index (χ4n) is 3.13. The van der Waals surface area contributed by atoms with Gasteiger partial charge in [0.25, 0.3) is 0 Å². The van der Waals surface area contributed by atoms with Crippen LogP contribution in [0.15, 0.2) is 54.6 Å². The van der Waals surface area contributed by atoms with Crippen LogP contribution in [0, 0.1) is 17.6 Å². The number of nitrogens with zero attached hydrogens (tertiary/aromatic N) is 1. The quantitative estimate of drug-likeness (QED) is 0.766. The molecule has 0 fully saturated rings. The second-order valence-corrected chi connectivity index (χ2v) is 6.21. The number of hydrogen-bond donors (Lipinski definition) is 0. The SMILES string of the molecule is CC(C=O)CN1CC(c2cc(F)ccc2F)=C[C@H]1c1ccccc1. The van der Waals surface area contributed by atoms with Crippen molar-refractivity contribution in [1.29, 1.82) is 0 Å². The number of carbonyl (C=O) groups excluding carboxylic acids is 1. The van der Waals surface area contributed by atoms with E-state index < -0.39 is 11.6 Å². The standard InChI is InChI=1S/C20H19F2NO/c1-14(13-24)11-23-12-16(18-10-17(21)7-8-19(18)22)9-20(23)15-5-3-2-4-6-15/h2-10,13-14,20H,11-12H2,1H3/t14?,20-/m0/s1. The molecule has 4 heteroatoms. The Morgan fingerprint density at radius 1 is 1.21 bits per heavy atom. The van der Waals surface area contributed by atoms with Crippen molar-refractivity contribution < 1.29 is 13.6 Å². The van der Waals surface area contributed by atoms with Crippen molar-refractivity contribution in [2.24, 2.45) is 5.92 Å². The molecule has 1 aliphatic rings. The molecule has 1 aliphatic heterocycles. The molecule has 2 aromatic carbocycles. The van der Waals surface area contributed by atoms with Gasteiger partial charge in [-0.05, 0) is 29.3 Å². The summed E-state index contributed by atoms with van der Waals surface area (Å²) in [6, 6.07) is 13.3. The Morgan fingerprint density at radius 3 is 2.67 bits per heavy atom. The molecule has 1 unspecified atom stereocenters. The monoisotopic (exact) mass is 327 g/mol. The average Bonchev–Trinajstić information content (AvgIpc) is 3.01. The highest BCUT2D eigenvalue weighted by atomic mass is 19.1. The fourth-order valence-corrected chi connectivity index (χ4v) is 3.13. The average molecular weight is 327 g/mol. The van der Waals surface area contributed by atoms with Crippen LogP contribution in [0.4, 0.5) is 8.78 Å². The van der Waals surface area contributed by atoms with Gasteiger partial charge in [0, 0.05) is 24.6 Å². The van der Waals surface area contributed by atoms with Crippen molar-refractivity contribution >= 4 is 11.9 Å². The Labute approximate surface area is 140 Å². The maximum Gasteiger partial charge on any atom is 0.130 e. The molecule has 2 aromatic rings. The Hall–Kier alpha value is -2.33. The van der Waals surface area contributed by atoms with Gasteiger partial charge in [0.2, 0.25) is 0 Å². The van der Waals surface area contributed by atoms with E-state index in [2.05, 4.69) is 4.90 Å². The summed E-state index contributed by atoms with van der Waals surface area (Å²) in [6.45, 7) is 2.91. The summed E-state index contributed by atoms with van der Waals surface area (Å²) in [7, 11) is 0. The molecule has 0 N–H and O–H groups in total. The van der Waals surface area contributed by atoms with Crippen LogP contribution in [0.1, 0.15) is 24.1 Å². The first kappa shape index (κ1) is 16.5. The molecule has 0 amide bonds. The molecule has 0 saturated carbocycles. The predicted octanol–water partition coefficient (Wildman–Crippen LogP) is 4.24. The first-order chi connectivity index (χ1) is 11.6. The Bertz CT molecular complexity index is 757. The molecule has 1 heterocycles. The van der Waals surface area contributed by atoms with E-state index >= 15 is 0 Å². The van der Waals surface area contributed by atoms with Crippen LogP contribution in [-0.4, -0.2) is 24.3 Å². The molecule has 0 radical (unpaired) electrons. The Morgan fingerprint density at radius 2 is 1.96 bits per heavy atom. The van der Waals surface area contributed by atoms with Crippen molar-refractivity contribution in [1.82, 2.24) is 4.90 Å². The van der Waals surface area contributed by atoms with Crippen LogP contribution >= 0.6 is 0 Å². The summed E-state index contributed by atoms with van der Waals surface area (Å²) in [5.41, 5.74) is 2.11. The highest BCUT2D eigenvalue weighted by Crippen LogP contribution is 2.35. The third-order valence-corrected chi connectivity index (χ3v) is 4.30. The molecule has 124 valence electrons. The molecule has 0 aromatic heterocycles. The van der Waals surface area contributed by atoms with Crippen LogP contribution < -0.4 is 0 Å². The molecule has 0 bridgehead atoms. The van der Waals surface area contributed by atoms with E-state index in [1.165, 1.54) is 6.07 Å². The number of benzene rings is 2. The third kappa shape index (κ3) is 3.44. The van der Waals surface area contributed by atoms with E-state index in [-0.39, 0.29) is 17.5 Å². The molecular formula is C20H19F2NO. The Balaban J connectivity index is 1.96. The highest BCUT2D eigenvalue weighted by Gasteiger charge is 2.28. The lowest BCUT2D eigenvalue weighted by atomic mass is 10.0. The summed E-state index contributed by atoms with van der Waals surface area (Å²) in [5, 5.41) is 0. The second kappa shape index (κ2) is 7.05. The summed E-state index contributed by atoms with van der Waals surface area (Å²) < 4.78 is 27.7. The highest BCUT2D eigenvalue weighted by molar-refractivity contribution is 5.70. The lowest BCUT2D eigenvalue weighted by molar-refractivity contribution is -0.111. The summed E-state index contributed by atoms with van der Waals surface area (Å²) in [4.78, 5) is 13.2. The van der Waals surface area contributed by atoms with Gasteiger partial charge in [0.1, 0.15) is 17.9 Å². The fraction of sp³-hybridized carbons (Fsp3) is 0.250. The molecule has 2 atom stereocenters. The predicted molar refractivity (Wildman–Crippen MR) is 90.3 cm³/mol. The largest absolute Gasteiger partial charge is 0.303 e. The van der Waals surface area contributed by atoms with E-state index in [1.807, 2.05) is 43.3 Å². The summed E-state index contributed by atoms with van der Waals surface area (Å²) in [6.07, 6.45) is 2.88. The van der Waals surface area contributed by atoms with Gasteiger partial charge in [-0.25, -0.2) is 8.78 Å². The third-order valence-electron chi connectivity index (χ3n) is 4.30. The molecule has 0 spiro atoms. The maximum atomic E-state index is 14.1. The van der Waals surface area contributed by atoms with Gasteiger partial charge < -0.3 is 4.79 Å². The van der Waals surface area contributed by atoms with Gasteiger partial charge in [0.05, 0.1) is 6.04 Å². The number of aldehydes is 1. The molecule has 0 saturated heterocycles. The minimum Gasteiger partial charge on any atom is -0.303 e. The van der Waals surface area contributed by atoms with E-state index in [4.69, 9.17) is 0 Å². The van der Waals surface area contributed by atoms with Crippen molar-refractivity contribution in [3.8, 4) is 0 Å². The molecule has 0 aliphatic carbocycles. The van der Waals surface area contributed by atoms with E-state index in [1.54, 1.807) is 0 Å².